The van der Waals surface area contributed by atoms with Gasteiger partial charge < -0.3 is 49.8 Å². The molecule has 2 saturated heterocycles. The van der Waals surface area contributed by atoms with E-state index >= 15 is 0 Å². The molecule has 5 aliphatic rings. The van der Waals surface area contributed by atoms with Crippen LogP contribution in [0, 0.1) is 30.6 Å². The van der Waals surface area contributed by atoms with Crippen LogP contribution in [-0.4, -0.2) is 128 Å². The number of anilines is 1. The second-order valence-corrected chi connectivity index (χ2v) is 17.9. The number of carbonyl (C=O) groups is 3. The molecular formula is C47H64N4O12. The number of nitrogens with zero attached hydrogens (tertiary/aromatic N) is 3. The van der Waals surface area contributed by atoms with E-state index in [0.717, 1.165) is 25.8 Å². The van der Waals surface area contributed by atoms with E-state index in [1.54, 1.807) is 46.8 Å². The van der Waals surface area contributed by atoms with Gasteiger partial charge in [0.25, 0.3) is 11.7 Å². The molecular weight excluding hydrogens is 813 g/mol. The normalized spacial score (nSPS) is 34.2. The van der Waals surface area contributed by atoms with Crippen LogP contribution >= 0.6 is 0 Å². The number of allylic oxidation sites excluding steroid dienone is 2. The molecule has 0 aromatic heterocycles. The molecule has 1 amide bonds. The van der Waals surface area contributed by atoms with Crippen LogP contribution in [0.15, 0.2) is 41.2 Å². The lowest BCUT2D eigenvalue weighted by Gasteiger charge is -2.46. The van der Waals surface area contributed by atoms with Gasteiger partial charge >= 0.3 is 11.8 Å². The number of Topliss-reactive ketones (excluding diaryl/α,β-unsaturated/α-hetero) is 1. The van der Waals surface area contributed by atoms with Gasteiger partial charge in [-0.15, -0.1) is 0 Å². The maximum atomic E-state index is 14.6. The molecule has 2 aromatic rings. The number of benzene rings is 2. The zero-order valence-electron chi connectivity index (χ0n) is 37.9. The Morgan fingerprint density at radius 3 is 2.35 bits per heavy atom. The Bertz CT molecular complexity index is 2220. The largest absolute Gasteiger partial charge is 0.507 e. The van der Waals surface area contributed by atoms with E-state index in [4.69, 9.17) is 24.0 Å². The van der Waals surface area contributed by atoms with Gasteiger partial charge in [-0.1, -0.05) is 52.3 Å². The standard InChI is InChI=1S/C47H64N4O12/c1-23-13-11-14-24(2)46(59)49-37-32(21-48-50-18-19-51-25(3)15-12-16-31(51)22-50)41(56)34-35(42(37)57)40(55)29(7)44-36(34)45(58)47(9,63-44)61-20-17-33(60-10)26(4)43(62-30(8)52)28(6)39(54)27(5)38(23)53/h11,13-14,17,20-21,23,25-28,31,33,38-39,43,53-57H,12,15-16,18-19,22H2,1-10H3,(H,49,59)/b13-11+,20-17+,24-14-,48-21-/t23-,25?,26+,27+,28+,31?,33-,38-,39+,43+,47-/m0/s1. The molecule has 5 heterocycles. The first-order valence-electron chi connectivity index (χ1n) is 21.8. The van der Waals surface area contributed by atoms with Crippen molar-refractivity contribution in [1.29, 1.82) is 0 Å². The van der Waals surface area contributed by atoms with Crippen LogP contribution in [0.3, 0.4) is 0 Å². The van der Waals surface area contributed by atoms with Crippen LogP contribution in [0.4, 0.5) is 5.69 Å². The van der Waals surface area contributed by atoms with Gasteiger partial charge in [0.1, 0.15) is 23.4 Å². The second kappa shape index (κ2) is 18.9. The fourth-order valence-corrected chi connectivity index (χ4v) is 9.62. The maximum Gasteiger partial charge on any atom is 0.312 e. The number of aliphatic hydroxyl groups excluding tert-OH is 2. The first-order chi connectivity index (χ1) is 29.7. The molecule has 16 heteroatoms. The van der Waals surface area contributed by atoms with Crippen molar-refractivity contribution in [2.45, 2.75) is 124 Å². The molecule has 5 aliphatic heterocycles. The van der Waals surface area contributed by atoms with Gasteiger partial charge in [0.15, 0.2) is 5.75 Å². The fourth-order valence-electron chi connectivity index (χ4n) is 9.62. The molecule has 7 rings (SSSR count). The number of aliphatic hydroxyl groups is 2. The zero-order chi connectivity index (χ0) is 46.2. The van der Waals surface area contributed by atoms with E-state index in [1.807, 2.05) is 5.01 Å². The Balaban J connectivity index is 1.50. The number of hydrogen-bond donors (Lipinski definition) is 6. The van der Waals surface area contributed by atoms with Gasteiger partial charge in [0, 0.05) is 86.3 Å². The van der Waals surface area contributed by atoms with Gasteiger partial charge in [0.2, 0.25) is 0 Å². The number of carbonyl (C=O) groups excluding carboxylic acids is 3. The van der Waals surface area contributed by atoms with Gasteiger partial charge in [-0.25, -0.2) is 0 Å². The number of phenols is 3. The highest BCUT2D eigenvalue weighted by Crippen LogP contribution is 2.55. The average Bonchev–Trinajstić information content (AvgIpc) is 3.51. The number of phenolic OH excluding ortho intramolecular Hbond substituents is 3. The van der Waals surface area contributed by atoms with Gasteiger partial charge in [0.05, 0.1) is 59.5 Å². The van der Waals surface area contributed by atoms with E-state index in [1.165, 1.54) is 52.5 Å². The molecule has 5 bridgehead atoms. The summed E-state index contributed by atoms with van der Waals surface area (Å²) >= 11 is 0. The summed E-state index contributed by atoms with van der Waals surface area (Å²) in [5.74, 6) is -8.29. The lowest BCUT2D eigenvalue weighted by Crippen LogP contribution is -2.56. The number of amides is 1. The Hall–Kier alpha value is -5.16. The summed E-state index contributed by atoms with van der Waals surface area (Å²) in [7, 11) is 1.44. The highest BCUT2D eigenvalue weighted by atomic mass is 16.7. The lowest BCUT2D eigenvalue weighted by molar-refractivity contribution is -0.160. The van der Waals surface area contributed by atoms with Crippen molar-refractivity contribution >= 4 is 40.3 Å². The first-order valence-corrected chi connectivity index (χ1v) is 21.8. The maximum absolute atomic E-state index is 14.6. The number of rotatable bonds is 4. The van der Waals surface area contributed by atoms with Crippen molar-refractivity contribution in [3.63, 3.8) is 0 Å². The first kappa shape index (κ1) is 47.3. The van der Waals surface area contributed by atoms with E-state index in [0.29, 0.717) is 19.1 Å². The summed E-state index contributed by atoms with van der Waals surface area (Å²) < 4.78 is 23.7. The molecule has 16 nitrogen and oxygen atoms in total. The second-order valence-electron chi connectivity index (χ2n) is 17.9. The predicted molar refractivity (Wildman–Crippen MR) is 237 cm³/mol. The van der Waals surface area contributed by atoms with Gasteiger partial charge in [-0.2, -0.15) is 5.10 Å². The van der Waals surface area contributed by atoms with Crippen molar-refractivity contribution in [2.24, 2.45) is 28.8 Å². The van der Waals surface area contributed by atoms with Gasteiger partial charge in [-0.05, 0) is 39.7 Å². The Labute approximate surface area is 368 Å². The monoisotopic (exact) mass is 876 g/mol. The van der Waals surface area contributed by atoms with E-state index < -0.39 is 88.8 Å². The number of hydrogen-bond acceptors (Lipinski definition) is 15. The molecule has 2 unspecified atom stereocenters. The highest BCUT2D eigenvalue weighted by molar-refractivity contribution is 6.23. The topological polar surface area (TPSA) is 220 Å². The number of esters is 1. The minimum atomic E-state index is -2.05. The summed E-state index contributed by atoms with van der Waals surface area (Å²) in [6.45, 7) is 16.8. The van der Waals surface area contributed by atoms with Crippen molar-refractivity contribution in [1.82, 2.24) is 9.91 Å². The number of nitrogens with one attached hydrogen (secondary N) is 1. The Kier molecular flexibility index (Phi) is 14.2. The molecule has 11 atom stereocenters. The number of ketones is 1. The van der Waals surface area contributed by atoms with Crippen LogP contribution in [0.5, 0.6) is 23.0 Å². The lowest BCUT2D eigenvalue weighted by atomic mass is 9.78. The number of piperidine rings is 1. The fraction of sp³-hybridized carbons (Fsp3) is 0.574. The Morgan fingerprint density at radius 2 is 1.67 bits per heavy atom. The summed E-state index contributed by atoms with van der Waals surface area (Å²) in [5.41, 5.74) is -0.293. The molecule has 0 spiro atoms. The SMILES string of the molecule is CO[C@H]1/C=C/O[C@@]2(C)Oc3c(C)c(O)c4c(O)c(c(/C=N\N5CCN6C(C)CCCC6C5)c(O)c4c3C2=O)NC(=O)/C(C)=C\C=C\[C@H](C)[C@H](O)[C@@H](C)[C@@H](O)[C@@H](C)[C@H](OC(C)=O)[C@@H]1C. The van der Waals surface area contributed by atoms with E-state index in [-0.39, 0.29) is 50.5 Å². The van der Waals surface area contributed by atoms with Crippen LogP contribution in [0.2, 0.25) is 0 Å². The van der Waals surface area contributed by atoms with Crippen molar-refractivity contribution in [3.8, 4) is 23.0 Å². The van der Waals surface area contributed by atoms with Crippen LogP contribution in [0.25, 0.3) is 10.8 Å². The number of fused-ring (bicyclic) bond motifs is 15. The molecule has 0 saturated carbocycles. The number of ether oxygens (including phenoxy) is 4. The van der Waals surface area contributed by atoms with Crippen LogP contribution < -0.4 is 10.1 Å². The van der Waals surface area contributed by atoms with Crippen LogP contribution in [-0.2, 0) is 23.8 Å². The predicted octanol–water partition coefficient (Wildman–Crippen LogP) is 5.65. The van der Waals surface area contributed by atoms with Crippen molar-refractivity contribution < 1.29 is 58.9 Å². The third-order valence-corrected chi connectivity index (χ3v) is 13.6. The average molecular weight is 877 g/mol. The zero-order valence-corrected chi connectivity index (χ0v) is 37.9. The quantitative estimate of drug-likeness (QED) is 0.0948. The van der Waals surface area contributed by atoms with E-state index in [2.05, 4.69) is 17.1 Å². The number of hydrazone groups is 1. The summed E-state index contributed by atoms with van der Waals surface area (Å²) in [6, 6.07) is 0.737. The third-order valence-electron chi connectivity index (χ3n) is 13.6. The molecule has 344 valence electrons. The minimum absolute atomic E-state index is 0.0626. The minimum Gasteiger partial charge on any atom is -0.507 e. The number of methoxy groups -OCH3 is 1. The highest BCUT2D eigenvalue weighted by Gasteiger charge is 2.50. The summed E-state index contributed by atoms with van der Waals surface area (Å²) in [5, 5.41) is 67.7. The van der Waals surface area contributed by atoms with Crippen molar-refractivity contribution in [2.75, 3.05) is 32.1 Å². The molecule has 63 heavy (non-hydrogen) atoms. The van der Waals surface area contributed by atoms with E-state index in [9.17, 15) is 39.9 Å². The molecule has 0 aliphatic carbocycles. The number of piperazine rings is 1. The van der Waals surface area contributed by atoms with Crippen molar-refractivity contribution in [3.05, 3.63) is 52.8 Å². The molecule has 0 radical (unpaired) electrons. The summed E-state index contributed by atoms with van der Waals surface area (Å²) in [6.07, 6.45) is 8.21. The summed E-state index contributed by atoms with van der Waals surface area (Å²) in [4.78, 5) is 43.3. The molecule has 2 aromatic carbocycles. The van der Waals surface area contributed by atoms with Gasteiger partial charge in [-0.3, -0.25) is 24.3 Å². The Morgan fingerprint density at radius 1 is 0.952 bits per heavy atom. The van der Waals surface area contributed by atoms with Crippen LogP contribution in [0.1, 0.15) is 96.1 Å². The third kappa shape index (κ3) is 9.13. The molecule has 2 fully saturated rings. The smallest absolute Gasteiger partial charge is 0.312 e. The molecule has 6 N–H and O–H groups in total. The number of aromatic hydroxyl groups is 3.